The molecule has 0 amide bonds. The molecule has 0 aliphatic carbocycles. The lowest BCUT2D eigenvalue weighted by Crippen LogP contribution is -2.41. The van der Waals surface area contributed by atoms with Gasteiger partial charge in [0.25, 0.3) is 0 Å². The van der Waals surface area contributed by atoms with Gasteiger partial charge in [-0.15, -0.1) is 0 Å². The second-order valence-corrected chi connectivity index (χ2v) is 8.72. The van der Waals surface area contributed by atoms with Crippen LogP contribution in [0.4, 0.5) is 0 Å². The summed E-state index contributed by atoms with van der Waals surface area (Å²) in [5.74, 6) is -0.448. The molecule has 8 heteroatoms. The Morgan fingerprint density at radius 2 is 1.82 bits per heavy atom. The molecule has 5 atom stereocenters. The van der Waals surface area contributed by atoms with Gasteiger partial charge in [-0.2, -0.15) is 0 Å². The lowest BCUT2D eigenvalue weighted by atomic mass is 9.95. The fourth-order valence-corrected chi connectivity index (χ4v) is 3.67. The van der Waals surface area contributed by atoms with Gasteiger partial charge in [-0.1, -0.05) is 62.3 Å². The van der Waals surface area contributed by atoms with E-state index in [4.69, 9.17) is 23.8 Å². The number of rotatable bonds is 13. The summed E-state index contributed by atoms with van der Waals surface area (Å²) in [5.41, 5.74) is 1.14. The van der Waals surface area contributed by atoms with Crippen molar-refractivity contribution in [3.8, 4) is 0 Å². The average molecular weight is 476 g/mol. The van der Waals surface area contributed by atoms with Gasteiger partial charge in [-0.05, 0) is 17.6 Å². The third kappa shape index (κ3) is 10.1. The van der Waals surface area contributed by atoms with Gasteiger partial charge < -0.3 is 23.8 Å². The zero-order valence-electron chi connectivity index (χ0n) is 20.7. The molecule has 34 heavy (non-hydrogen) atoms. The molecule has 2 rings (SSSR count). The van der Waals surface area contributed by atoms with Crippen molar-refractivity contribution in [2.75, 3.05) is 13.2 Å². The highest BCUT2D eigenvalue weighted by atomic mass is 16.6. The lowest BCUT2D eigenvalue weighted by molar-refractivity contribution is -0.164. The quantitative estimate of drug-likeness (QED) is 0.140. The van der Waals surface area contributed by atoms with E-state index in [1.807, 2.05) is 36.4 Å². The van der Waals surface area contributed by atoms with Crippen LogP contribution < -0.4 is 0 Å². The van der Waals surface area contributed by atoms with Crippen molar-refractivity contribution in [1.82, 2.24) is 0 Å². The van der Waals surface area contributed by atoms with Crippen molar-refractivity contribution in [2.24, 2.45) is 17.0 Å². The Kier molecular flexibility index (Phi) is 11.8. The Labute approximate surface area is 202 Å². The highest BCUT2D eigenvalue weighted by Crippen LogP contribution is 2.20. The van der Waals surface area contributed by atoms with Crippen LogP contribution in [-0.4, -0.2) is 55.8 Å². The average Bonchev–Trinajstić information content (AvgIpc) is 2.79. The summed E-state index contributed by atoms with van der Waals surface area (Å²) < 4.78 is 22.4. The third-order valence-corrected chi connectivity index (χ3v) is 5.31. The summed E-state index contributed by atoms with van der Waals surface area (Å²) in [5, 5.41) is 4.12. The first-order valence-corrected chi connectivity index (χ1v) is 11.7. The molecular weight excluding hydrogens is 438 g/mol. The largest absolute Gasteiger partial charge is 0.463 e. The molecule has 188 valence electrons. The van der Waals surface area contributed by atoms with Gasteiger partial charge in [-0.25, -0.2) is 0 Å². The van der Waals surface area contributed by atoms with Gasteiger partial charge in [0.05, 0.1) is 18.8 Å². The van der Waals surface area contributed by atoms with E-state index in [1.165, 1.54) is 13.8 Å². The van der Waals surface area contributed by atoms with Crippen LogP contribution in [0.3, 0.4) is 0 Å². The van der Waals surface area contributed by atoms with Gasteiger partial charge in [0.2, 0.25) is 0 Å². The van der Waals surface area contributed by atoms with Crippen LogP contribution in [0.2, 0.25) is 0 Å². The van der Waals surface area contributed by atoms with E-state index in [2.05, 4.69) is 25.9 Å². The number of hydrogen-bond acceptors (Lipinski definition) is 8. The Morgan fingerprint density at radius 1 is 1.09 bits per heavy atom. The Bertz CT molecular complexity index is 809. The molecule has 0 fully saturated rings. The van der Waals surface area contributed by atoms with E-state index in [0.29, 0.717) is 25.6 Å². The molecule has 8 nitrogen and oxygen atoms in total. The van der Waals surface area contributed by atoms with Crippen LogP contribution >= 0.6 is 0 Å². The van der Waals surface area contributed by atoms with E-state index in [9.17, 15) is 9.59 Å². The lowest BCUT2D eigenvalue weighted by Gasteiger charge is -2.31. The minimum atomic E-state index is -0.600. The molecule has 0 radical (unpaired) electrons. The maximum atomic E-state index is 11.3. The first-order valence-electron chi connectivity index (χ1n) is 11.7. The van der Waals surface area contributed by atoms with Crippen molar-refractivity contribution in [3.05, 3.63) is 48.0 Å². The van der Waals surface area contributed by atoms with Crippen molar-refractivity contribution >= 4 is 18.2 Å². The molecule has 0 saturated heterocycles. The second kappa shape index (κ2) is 14.5. The van der Waals surface area contributed by atoms with E-state index >= 15 is 0 Å². The van der Waals surface area contributed by atoms with E-state index in [0.717, 1.165) is 5.56 Å². The van der Waals surface area contributed by atoms with Crippen LogP contribution in [0.5, 0.6) is 0 Å². The zero-order valence-corrected chi connectivity index (χ0v) is 20.7. The van der Waals surface area contributed by atoms with Gasteiger partial charge in [0.15, 0.2) is 0 Å². The van der Waals surface area contributed by atoms with E-state index in [-0.39, 0.29) is 24.7 Å². The summed E-state index contributed by atoms with van der Waals surface area (Å²) in [6.45, 7) is 9.86. The minimum absolute atomic E-state index is 0.00418. The zero-order chi connectivity index (χ0) is 24.9. The summed E-state index contributed by atoms with van der Waals surface area (Å²) in [6.07, 6.45) is 4.47. The molecule has 0 bridgehead atoms. The smallest absolute Gasteiger partial charge is 0.303 e. The first-order chi connectivity index (χ1) is 16.3. The van der Waals surface area contributed by atoms with E-state index < -0.39 is 24.1 Å². The standard InChI is InChI=1S/C26H37NO7/c1-18(2)26(31-16-22-9-7-6-8-10-22)19(3)15-27-32-14-13-23-11-12-24(33-21(5)29)25(34-23)17-30-20(4)28/h6-12,15,18-19,23-26H,13-14,16-17H2,1-5H3/b27-15+/t19-,23+,24+,25-,26-/m1/s1. The first kappa shape index (κ1) is 27.5. The summed E-state index contributed by atoms with van der Waals surface area (Å²) in [7, 11) is 0. The van der Waals surface area contributed by atoms with Gasteiger partial charge in [0, 0.05) is 32.4 Å². The van der Waals surface area contributed by atoms with Crippen LogP contribution in [0.1, 0.15) is 46.6 Å². The molecule has 1 heterocycles. The summed E-state index contributed by atoms with van der Waals surface area (Å²) in [4.78, 5) is 27.9. The van der Waals surface area contributed by atoms with Gasteiger partial charge in [0.1, 0.15) is 25.4 Å². The van der Waals surface area contributed by atoms with Crippen LogP contribution in [-0.2, 0) is 40.0 Å². The molecule has 1 aliphatic heterocycles. The second-order valence-electron chi connectivity index (χ2n) is 8.72. The molecular formula is C26H37NO7. The fraction of sp³-hybridized carbons (Fsp3) is 0.577. The van der Waals surface area contributed by atoms with Crippen molar-refractivity contribution in [3.63, 3.8) is 0 Å². The van der Waals surface area contributed by atoms with Gasteiger partial charge in [-0.3, -0.25) is 9.59 Å². The maximum absolute atomic E-state index is 11.3. The van der Waals surface area contributed by atoms with E-state index in [1.54, 1.807) is 12.3 Å². The number of esters is 2. The van der Waals surface area contributed by atoms with Gasteiger partial charge >= 0.3 is 11.9 Å². The number of benzene rings is 1. The normalized spacial score (nSPS) is 21.9. The topological polar surface area (TPSA) is 92.7 Å². The summed E-state index contributed by atoms with van der Waals surface area (Å²) in [6, 6.07) is 10.1. The van der Waals surface area contributed by atoms with Crippen molar-refractivity contribution in [1.29, 1.82) is 0 Å². The number of nitrogens with zero attached hydrogens (tertiary/aromatic N) is 1. The Hall–Kier alpha value is -2.71. The maximum Gasteiger partial charge on any atom is 0.303 e. The number of oxime groups is 1. The Balaban J connectivity index is 1.79. The predicted octanol–water partition coefficient (Wildman–Crippen LogP) is 4.07. The highest BCUT2D eigenvalue weighted by molar-refractivity contribution is 5.67. The monoisotopic (exact) mass is 475 g/mol. The third-order valence-electron chi connectivity index (χ3n) is 5.31. The molecule has 1 aromatic rings. The number of hydrogen-bond donors (Lipinski definition) is 0. The number of carbonyl (C=O) groups is 2. The molecule has 0 spiro atoms. The van der Waals surface area contributed by atoms with Crippen LogP contribution in [0, 0.1) is 11.8 Å². The van der Waals surface area contributed by atoms with Crippen LogP contribution in [0.15, 0.2) is 47.6 Å². The predicted molar refractivity (Wildman–Crippen MR) is 128 cm³/mol. The highest BCUT2D eigenvalue weighted by Gasteiger charge is 2.30. The molecule has 0 unspecified atom stereocenters. The molecule has 1 aliphatic rings. The molecule has 1 aromatic carbocycles. The summed E-state index contributed by atoms with van der Waals surface area (Å²) >= 11 is 0. The minimum Gasteiger partial charge on any atom is -0.463 e. The van der Waals surface area contributed by atoms with Crippen LogP contribution in [0.25, 0.3) is 0 Å². The fourth-order valence-electron chi connectivity index (χ4n) is 3.67. The molecule has 0 aromatic heterocycles. The number of carbonyl (C=O) groups excluding carboxylic acids is 2. The SMILES string of the molecule is CC(=O)OC[C@H]1O[C@H](CCO/N=C/[C@@H](C)[C@H](OCc2ccccc2)C(C)C)C=C[C@@H]1OC(C)=O. The molecule has 0 N–H and O–H groups in total. The molecule has 0 saturated carbocycles. The number of ether oxygens (including phenoxy) is 4. The van der Waals surface area contributed by atoms with Crippen molar-refractivity contribution in [2.45, 2.75) is 72.1 Å². The Morgan fingerprint density at radius 3 is 2.47 bits per heavy atom. The van der Waals surface area contributed by atoms with Crippen molar-refractivity contribution < 1.29 is 33.4 Å².